The summed E-state index contributed by atoms with van der Waals surface area (Å²) in [6.45, 7) is 2.93. The molecule has 0 aromatic carbocycles. The van der Waals surface area contributed by atoms with E-state index in [1.807, 2.05) is 0 Å². The third-order valence-corrected chi connectivity index (χ3v) is 4.22. The number of hydrogen-bond donors (Lipinski definition) is 2. The van der Waals surface area contributed by atoms with Gasteiger partial charge in [0.25, 0.3) is 5.91 Å². The zero-order valence-corrected chi connectivity index (χ0v) is 12.8. The van der Waals surface area contributed by atoms with Gasteiger partial charge in [0.2, 0.25) is 0 Å². The van der Waals surface area contributed by atoms with Gasteiger partial charge in [0, 0.05) is 13.6 Å². The van der Waals surface area contributed by atoms with Crippen LogP contribution < -0.4 is 10.6 Å². The summed E-state index contributed by atoms with van der Waals surface area (Å²) in [6, 6.07) is 1.22. The van der Waals surface area contributed by atoms with Gasteiger partial charge in [0.1, 0.15) is 11.6 Å². The number of halogens is 1. The van der Waals surface area contributed by atoms with Crippen LogP contribution in [-0.2, 0) is 0 Å². The predicted octanol–water partition coefficient (Wildman–Crippen LogP) is 3.21. The quantitative estimate of drug-likeness (QED) is 0.876. The first kappa shape index (κ1) is 15.7. The minimum Gasteiger partial charge on any atom is -0.372 e. The van der Waals surface area contributed by atoms with E-state index >= 15 is 0 Å². The molecule has 4 nitrogen and oxygen atoms in total. The van der Waals surface area contributed by atoms with Gasteiger partial charge in [-0.25, -0.2) is 9.37 Å². The Labute approximate surface area is 125 Å². The van der Waals surface area contributed by atoms with Crippen molar-refractivity contribution in [2.75, 3.05) is 18.9 Å². The molecule has 0 saturated heterocycles. The fraction of sp³-hybridized carbons (Fsp3) is 0.625. The van der Waals surface area contributed by atoms with E-state index in [9.17, 15) is 9.18 Å². The molecule has 2 N–H and O–H groups in total. The molecule has 21 heavy (non-hydrogen) atoms. The van der Waals surface area contributed by atoms with Crippen LogP contribution in [0.25, 0.3) is 0 Å². The van der Waals surface area contributed by atoms with Crippen molar-refractivity contribution in [3.63, 3.8) is 0 Å². The molecule has 1 fully saturated rings. The van der Waals surface area contributed by atoms with E-state index in [4.69, 9.17) is 0 Å². The van der Waals surface area contributed by atoms with Crippen molar-refractivity contribution in [3.8, 4) is 0 Å². The highest BCUT2D eigenvalue weighted by atomic mass is 19.1. The number of aromatic nitrogens is 1. The van der Waals surface area contributed by atoms with Crippen LogP contribution >= 0.6 is 0 Å². The molecule has 1 aliphatic carbocycles. The second kappa shape index (κ2) is 7.38. The molecule has 2 rings (SSSR count). The lowest BCUT2D eigenvalue weighted by Crippen LogP contribution is -2.28. The molecule has 1 heterocycles. The molecule has 1 aliphatic rings. The van der Waals surface area contributed by atoms with Crippen LogP contribution in [0, 0.1) is 17.7 Å². The van der Waals surface area contributed by atoms with Gasteiger partial charge >= 0.3 is 0 Å². The van der Waals surface area contributed by atoms with E-state index in [-0.39, 0.29) is 11.5 Å². The molecule has 116 valence electrons. The standard InChI is InChI=1S/C16H24FN3O/c1-11-4-3-5-12(8-11)6-7-19-16(21)14-9-13(17)10-20-15(14)18-2/h9-12H,3-8H2,1-2H3,(H,18,20)(H,19,21). The highest BCUT2D eigenvalue weighted by Crippen LogP contribution is 2.30. The van der Waals surface area contributed by atoms with Gasteiger partial charge in [-0.15, -0.1) is 0 Å². The summed E-state index contributed by atoms with van der Waals surface area (Å²) in [5, 5.41) is 5.69. The molecule has 2 unspecified atom stereocenters. The largest absolute Gasteiger partial charge is 0.372 e. The van der Waals surface area contributed by atoms with Gasteiger partial charge in [-0.3, -0.25) is 4.79 Å². The Balaban J connectivity index is 1.85. The van der Waals surface area contributed by atoms with Gasteiger partial charge in [-0.1, -0.05) is 26.2 Å². The maximum absolute atomic E-state index is 13.2. The molecule has 1 amide bonds. The Kier molecular flexibility index (Phi) is 5.53. The highest BCUT2D eigenvalue weighted by molar-refractivity contribution is 5.98. The summed E-state index contributed by atoms with van der Waals surface area (Å²) in [7, 11) is 1.67. The van der Waals surface area contributed by atoms with Crippen LogP contribution in [-0.4, -0.2) is 24.5 Å². The molecule has 0 aliphatic heterocycles. The van der Waals surface area contributed by atoms with Crippen molar-refractivity contribution in [1.82, 2.24) is 10.3 Å². The number of carbonyl (C=O) groups is 1. The van der Waals surface area contributed by atoms with E-state index < -0.39 is 5.82 Å². The summed E-state index contributed by atoms with van der Waals surface area (Å²) in [5.41, 5.74) is 0.259. The van der Waals surface area contributed by atoms with E-state index in [0.717, 1.165) is 18.5 Å². The number of nitrogens with zero attached hydrogens (tertiary/aromatic N) is 1. The monoisotopic (exact) mass is 293 g/mol. The number of pyridine rings is 1. The molecule has 5 heteroatoms. The Morgan fingerprint density at radius 3 is 3.00 bits per heavy atom. The topological polar surface area (TPSA) is 54.0 Å². The molecular weight excluding hydrogens is 269 g/mol. The molecule has 1 aromatic heterocycles. The van der Waals surface area contributed by atoms with Crippen LogP contribution in [0.5, 0.6) is 0 Å². The smallest absolute Gasteiger partial charge is 0.255 e. The first-order valence-electron chi connectivity index (χ1n) is 7.71. The lowest BCUT2D eigenvalue weighted by Gasteiger charge is -2.26. The summed E-state index contributed by atoms with van der Waals surface area (Å²) >= 11 is 0. The lowest BCUT2D eigenvalue weighted by molar-refractivity contribution is 0.0949. The maximum atomic E-state index is 13.2. The lowest BCUT2D eigenvalue weighted by atomic mass is 9.81. The Morgan fingerprint density at radius 1 is 1.48 bits per heavy atom. The molecule has 2 atom stereocenters. The maximum Gasteiger partial charge on any atom is 0.255 e. The van der Waals surface area contributed by atoms with Gasteiger partial charge in [0.05, 0.1) is 11.8 Å². The van der Waals surface area contributed by atoms with Crippen LogP contribution in [0.4, 0.5) is 10.2 Å². The van der Waals surface area contributed by atoms with E-state index in [0.29, 0.717) is 18.3 Å². The van der Waals surface area contributed by atoms with Crippen molar-refractivity contribution >= 4 is 11.7 Å². The van der Waals surface area contributed by atoms with Crippen molar-refractivity contribution in [3.05, 3.63) is 23.6 Å². The second-order valence-corrected chi connectivity index (χ2v) is 5.98. The van der Waals surface area contributed by atoms with Crippen molar-refractivity contribution in [1.29, 1.82) is 0 Å². The van der Waals surface area contributed by atoms with E-state index in [1.54, 1.807) is 7.05 Å². The first-order chi connectivity index (χ1) is 10.1. The number of rotatable bonds is 5. The normalized spacial score (nSPS) is 21.9. The number of hydrogen-bond acceptors (Lipinski definition) is 3. The van der Waals surface area contributed by atoms with Gasteiger partial charge in [-0.2, -0.15) is 0 Å². The van der Waals surface area contributed by atoms with Crippen LogP contribution in [0.3, 0.4) is 0 Å². The van der Waals surface area contributed by atoms with Gasteiger partial charge < -0.3 is 10.6 Å². The first-order valence-corrected chi connectivity index (χ1v) is 7.71. The number of amides is 1. The highest BCUT2D eigenvalue weighted by Gasteiger charge is 2.19. The number of anilines is 1. The third kappa shape index (κ3) is 4.41. The number of nitrogens with one attached hydrogen (secondary N) is 2. The van der Waals surface area contributed by atoms with Crippen LogP contribution in [0.2, 0.25) is 0 Å². The molecule has 0 radical (unpaired) electrons. The van der Waals surface area contributed by atoms with Crippen molar-refractivity contribution in [2.24, 2.45) is 11.8 Å². The molecule has 1 saturated carbocycles. The SMILES string of the molecule is CNc1ncc(F)cc1C(=O)NCCC1CCCC(C)C1. The molecule has 1 aromatic rings. The Hall–Kier alpha value is -1.65. The summed E-state index contributed by atoms with van der Waals surface area (Å²) in [5.74, 6) is 1.13. The summed E-state index contributed by atoms with van der Waals surface area (Å²) in [4.78, 5) is 16.0. The Morgan fingerprint density at radius 2 is 2.29 bits per heavy atom. The van der Waals surface area contributed by atoms with Gasteiger partial charge in [-0.05, 0) is 30.7 Å². The predicted molar refractivity (Wildman–Crippen MR) is 81.8 cm³/mol. The van der Waals surface area contributed by atoms with E-state index in [1.165, 1.54) is 31.7 Å². The average Bonchev–Trinajstić information content (AvgIpc) is 2.47. The summed E-state index contributed by atoms with van der Waals surface area (Å²) in [6.07, 6.45) is 7.21. The molecular formula is C16H24FN3O. The summed E-state index contributed by atoms with van der Waals surface area (Å²) < 4.78 is 13.2. The fourth-order valence-electron chi connectivity index (χ4n) is 3.12. The van der Waals surface area contributed by atoms with Crippen LogP contribution in [0.1, 0.15) is 49.4 Å². The molecule has 0 spiro atoms. The minimum atomic E-state index is -0.500. The van der Waals surface area contributed by atoms with Gasteiger partial charge in [0.15, 0.2) is 0 Å². The fourth-order valence-corrected chi connectivity index (χ4v) is 3.12. The zero-order chi connectivity index (χ0) is 15.2. The average molecular weight is 293 g/mol. The van der Waals surface area contributed by atoms with Crippen LogP contribution in [0.15, 0.2) is 12.3 Å². The van der Waals surface area contributed by atoms with Crippen molar-refractivity contribution < 1.29 is 9.18 Å². The zero-order valence-electron chi connectivity index (χ0n) is 12.8. The van der Waals surface area contributed by atoms with Crippen molar-refractivity contribution in [2.45, 2.75) is 39.0 Å². The minimum absolute atomic E-state index is 0.259. The third-order valence-electron chi connectivity index (χ3n) is 4.22. The molecule has 0 bridgehead atoms. The van der Waals surface area contributed by atoms with E-state index in [2.05, 4.69) is 22.5 Å². The second-order valence-electron chi connectivity index (χ2n) is 5.98. The number of carbonyl (C=O) groups excluding carboxylic acids is 1. The Bertz CT molecular complexity index is 492.